The molecule has 1 unspecified atom stereocenters. The number of hydrogen-bond donors (Lipinski definition) is 2. The lowest BCUT2D eigenvalue weighted by Gasteiger charge is -2.16. The lowest BCUT2D eigenvalue weighted by Crippen LogP contribution is -2.36. The van der Waals surface area contributed by atoms with Crippen LogP contribution in [0.4, 0.5) is 5.69 Å². The first kappa shape index (κ1) is 15.8. The number of nitrogens with two attached hydrogens (primary N) is 1. The first-order valence-corrected chi connectivity index (χ1v) is 6.46. The van der Waals surface area contributed by atoms with E-state index in [1.165, 1.54) is 7.11 Å². The molecule has 0 radical (unpaired) electrons. The number of ether oxygens (including phenoxy) is 2. The average Bonchev–Trinajstić information content (AvgIpc) is 2.39. The van der Waals surface area contributed by atoms with Crippen molar-refractivity contribution >= 4 is 23.2 Å². The fourth-order valence-electron chi connectivity index (χ4n) is 1.46. The summed E-state index contributed by atoms with van der Waals surface area (Å²) in [4.78, 5) is 11.9. The number of benzene rings is 1. The Morgan fingerprint density at radius 3 is 2.84 bits per heavy atom. The van der Waals surface area contributed by atoms with Crippen molar-refractivity contribution in [2.45, 2.75) is 19.4 Å². The Labute approximate surface area is 118 Å². The summed E-state index contributed by atoms with van der Waals surface area (Å²) in [6.45, 7) is 2.67. The number of amides is 1. The van der Waals surface area contributed by atoms with Crippen LogP contribution in [0, 0.1) is 0 Å². The molecular formula is C13H19ClN2O3. The zero-order valence-corrected chi connectivity index (χ0v) is 11.9. The maximum atomic E-state index is 11.9. The largest absolute Gasteiger partial charge is 0.491 e. The van der Waals surface area contributed by atoms with Crippen molar-refractivity contribution in [2.75, 3.05) is 25.6 Å². The molecule has 0 aliphatic heterocycles. The molecule has 1 aromatic rings. The van der Waals surface area contributed by atoms with Crippen molar-refractivity contribution in [1.29, 1.82) is 0 Å². The average molecular weight is 287 g/mol. The monoisotopic (exact) mass is 286 g/mol. The van der Waals surface area contributed by atoms with E-state index in [-0.39, 0.29) is 12.5 Å². The molecule has 3 N–H and O–H groups in total. The lowest BCUT2D eigenvalue weighted by atomic mass is 10.2. The Morgan fingerprint density at radius 1 is 1.53 bits per heavy atom. The first-order chi connectivity index (χ1) is 9.12. The van der Waals surface area contributed by atoms with Crippen LogP contribution in [0.1, 0.15) is 13.3 Å². The van der Waals surface area contributed by atoms with Crippen LogP contribution in [0.25, 0.3) is 0 Å². The van der Waals surface area contributed by atoms with Crippen LogP contribution in [-0.4, -0.2) is 32.3 Å². The summed E-state index contributed by atoms with van der Waals surface area (Å²) in [6.07, 6.45) is 0.178. The number of anilines is 1. The Hall–Kier alpha value is -1.30. The van der Waals surface area contributed by atoms with Gasteiger partial charge in [-0.25, -0.2) is 0 Å². The molecule has 0 bridgehead atoms. The molecule has 1 aromatic carbocycles. The van der Waals surface area contributed by atoms with Crippen LogP contribution in [0.2, 0.25) is 5.02 Å². The van der Waals surface area contributed by atoms with Crippen molar-refractivity contribution in [3.8, 4) is 5.75 Å². The molecule has 0 aromatic heterocycles. The van der Waals surface area contributed by atoms with Crippen LogP contribution in [0.15, 0.2) is 18.2 Å². The highest BCUT2D eigenvalue weighted by Gasteiger charge is 2.17. The zero-order chi connectivity index (χ0) is 14.3. The Morgan fingerprint density at radius 2 is 2.26 bits per heavy atom. The molecule has 0 aliphatic rings. The predicted molar refractivity (Wildman–Crippen MR) is 75.7 cm³/mol. The van der Waals surface area contributed by atoms with Crippen LogP contribution in [0.3, 0.4) is 0 Å². The van der Waals surface area contributed by atoms with Crippen molar-refractivity contribution in [3.05, 3.63) is 23.2 Å². The van der Waals surface area contributed by atoms with Crippen molar-refractivity contribution in [3.63, 3.8) is 0 Å². The van der Waals surface area contributed by atoms with E-state index < -0.39 is 6.10 Å². The second-order valence-corrected chi connectivity index (χ2v) is 4.37. The molecule has 6 heteroatoms. The SMILES string of the molecule is CCCOc1ccc(Cl)cc1NC(=O)C(CN)OC. The standard InChI is InChI=1S/C13H19ClN2O3/c1-3-6-19-11-5-4-9(14)7-10(11)16-13(17)12(8-15)18-2/h4-5,7,12H,3,6,8,15H2,1-2H3,(H,16,17). The molecule has 0 spiro atoms. The van der Waals surface area contributed by atoms with Gasteiger partial charge in [-0.2, -0.15) is 0 Å². The van der Waals surface area contributed by atoms with Gasteiger partial charge in [-0.15, -0.1) is 0 Å². The van der Waals surface area contributed by atoms with E-state index in [2.05, 4.69) is 5.32 Å². The van der Waals surface area contributed by atoms with Gasteiger partial charge in [0.15, 0.2) is 0 Å². The van der Waals surface area contributed by atoms with E-state index >= 15 is 0 Å². The van der Waals surface area contributed by atoms with E-state index in [4.69, 9.17) is 26.8 Å². The minimum absolute atomic E-state index is 0.105. The highest BCUT2D eigenvalue weighted by molar-refractivity contribution is 6.31. The second-order valence-electron chi connectivity index (χ2n) is 3.94. The molecule has 1 atom stereocenters. The Balaban J connectivity index is 2.85. The number of rotatable bonds is 7. The molecule has 0 heterocycles. The minimum atomic E-state index is -0.696. The molecule has 5 nitrogen and oxygen atoms in total. The van der Waals surface area contributed by atoms with E-state index in [1.54, 1.807) is 18.2 Å². The Bertz CT molecular complexity index is 422. The van der Waals surface area contributed by atoms with E-state index in [0.29, 0.717) is 23.1 Å². The first-order valence-electron chi connectivity index (χ1n) is 6.08. The summed E-state index contributed by atoms with van der Waals surface area (Å²) < 4.78 is 10.5. The van der Waals surface area contributed by atoms with Gasteiger partial charge in [0.2, 0.25) is 0 Å². The summed E-state index contributed by atoms with van der Waals surface area (Å²) in [6, 6.07) is 5.06. The van der Waals surface area contributed by atoms with Gasteiger partial charge in [-0.05, 0) is 24.6 Å². The van der Waals surface area contributed by atoms with Gasteiger partial charge < -0.3 is 20.5 Å². The van der Waals surface area contributed by atoms with E-state index in [0.717, 1.165) is 6.42 Å². The fourth-order valence-corrected chi connectivity index (χ4v) is 1.63. The predicted octanol–water partition coefficient (Wildman–Crippen LogP) is 2.04. The highest BCUT2D eigenvalue weighted by atomic mass is 35.5. The number of carbonyl (C=O) groups excluding carboxylic acids is 1. The molecule has 19 heavy (non-hydrogen) atoms. The molecule has 106 valence electrons. The van der Waals surface area contributed by atoms with Gasteiger partial charge in [0.1, 0.15) is 11.9 Å². The third kappa shape index (κ3) is 4.70. The van der Waals surface area contributed by atoms with Gasteiger partial charge in [0, 0.05) is 18.7 Å². The smallest absolute Gasteiger partial charge is 0.254 e. The molecule has 1 rings (SSSR count). The molecule has 0 fully saturated rings. The van der Waals surface area contributed by atoms with Crippen LogP contribution in [-0.2, 0) is 9.53 Å². The number of halogens is 1. The Kier molecular flexibility index (Phi) is 6.62. The summed E-state index contributed by atoms with van der Waals surface area (Å²) in [7, 11) is 1.43. The number of carbonyl (C=O) groups is 1. The fraction of sp³-hybridized carbons (Fsp3) is 0.462. The molecular weight excluding hydrogens is 268 g/mol. The van der Waals surface area contributed by atoms with Gasteiger partial charge >= 0.3 is 0 Å². The second kappa shape index (κ2) is 7.99. The van der Waals surface area contributed by atoms with Crippen molar-refractivity contribution in [2.24, 2.45) is 5.73 Å². The van der Waals surface area contributed by atoms with Gasteiger partial charge in [-0.1, -0.05) is 18.5 Å². The molecule has 0 saturated carbocycles. The molecule has 1 amide bonds. The quantitative estimate of drug-likeness (QED) is 0.804. The van der Waals surface area contributed by atoms with Crippen LogP contribution in [0.5, 0.6) is 5.75 Å². The third-order valence-corrected chi connectivity index (χ3v) is 2.69. The summed E-state index contributed by atoms with van der Waals surface area (Å²) in [5.74, 6) is 0.250. The third-order valence-electron chi connectivity index (χ3n) is 2.45. The lowest BCUT2D eigenvalue weighted by molar-refractivity contribution is -0.125. The maximum absolute atomic E-state index is 11.9. The number of methoxy groups -OCH3 is 1. The number of nitrogens with one attached hydrogen (secondary N) is 1. The summed E-state index contributed by atoms with van der Waals surface area (Å²) in [5, 5.41) is 3.22. The van der Waals surface area contributed by atoms with Crippen LogP contribution >= 0.6 is 11.6 Å². The topological polar surface area (TPSA) is 73.6 Å². The normalized spacial score (nSPS) is 12.0. The van der Waals surface area contributed by atoms with Crippen LogP contribution < -0.4 is 15.8 Å². The number of hydrogen-bond acceptors (Lipinski definition) is 4. The van der Waals surface area contributed by atoms with Crippen molar-refractivity contribution < 1.29 is 14.3 Å². The van der Waals surface area contributed by atoms with Crippen molar-refractivity contribution in [1.82, 2.24) is 0 Å². The van der Waals surface area contributed by atoms with E-state index in [1.807, 2.05) is 6.92 Å². The van der Waals surface area contributed by atoms with E-state index in [9.17, 15) is 4.79 Å². The summed E-state index contributed by atoms with van der Waals surface area (Å²) >= 11 is 5.92. The van der Waals surface area contributed by atoms with Gasteiger partial charge in [-0.3, -0.25) is 4.79 Å². The minimum Gasteiger partial charge on any atom is -0.491 e. The molecule has 0 aliphatic carbocycles. The maximum Gasteiger partial charge on any atom is 0.254 e. The van der Waals surface area contributed by atoms with Gasteiger partial charge in [0.25, 0.3) is 5.91 Å². The van der Waals surface area contributed by atoms with Gasteiger partial charge in [0.05, 0.1) is 12.3 Å². The highest BCUT2D eigenvalue weighted by Crippen LogP contribution is 2.28. The molecule has 0 saturated heterocycles. The summed E-state index contributed by atoms with van der Waals surface area (Å²) in [5.41, 5.74) is 5.96. The zero-order valence-electron chi connectivity index (χ0n) is 11.1.